The third-order valence-corrected chi connectivity index (χ3v) is 3.64. The molecule has 0 unspecified atom stereocenters. The van der Waals surface area contributed by atoms with E-state index in [9.17, 15) is 9.59 Å². The average molecular weight is 289 g/mol. The number of piperidine rings is 1. The summed E-state index contributed by atoms with van der Waals surface area (Å²) >= 11 is 0. The van der Waals surface area contributed by atoms with Gasteiger partial charge in [0.05, 0.1) is 6.54 Å². The van der Waals surface area contributed by atoms with Crippen molar-refractivity contribution < 1.29 is 9.59 Å². The summed E-state index contributed by atoms with van der Waals surface area (Å²) < 4.78 is 0. The van der Waals surface area contributed by atoms with Gasteiger partial charge in [0.2, 0.25) is 11.8 Å². The molecule has 1 aromatic rings. The SMILES string of the molecule is CCC(=O)NCC(=O)Nc1ccc(N2CCCCC2)cc1. The number of benzene rings is 1. The van der Waals surface area contributed by atoms with E-state index in [0.717, 1.165) is 18.8 Å². The first kappa shape index (κ1) is 15.4. The molecule has 1 heterocycles. The Labute approximate surface area is 125 Å². The fourth-order valence-electron chi connectivity index (χ4n) is 2.42. The summed E-state index contributed by atoms with van der Waals surface area (Å²) in [5.74, 6) is -0.326. The van der Waals surface area contributed by atoms with Crippen LogP contribution in [0.15, 0.2) is 24.3 Å². The summed E-state index contributed by atoms with van der Waals surface area (Å²) in [5, 5.41) is 5.34. The molecule has 1 aromatic carbocycles. The third-order valence-electron chi connectivity index (χ3n) is 3.64. The van der Waals surface area contributed by atoms with Gasteiger partial charge in [0.1, 0.15) is 0 Å². The predicted molar refractivity (Wildman–Crippen MR) is 84.4 cm³/mol. The lowest BCUT2D eigenvalue weighted by molar-refractivity contribution is -0.123. The quantitative estimate of drug-likeness (QED) is 0.873. The standard InChI is InChI=1S/C16H23N3O2/c1-2-15(20)17-12-16(21)18-13-6-8-14(9-7-13)19-10-4-3-5-11-19/h6-9H,2-5,10-12H2,1H3,(H,17,20)(H,18,21). The molecule has 1 saturated heterocycles. The predicted octanol–water partition coefficient (Wildman–Crippen LogP) is 2.14. The number of nitrogens with zero attached hydrogens (tertiary/aromatic N) is 1. The first-order valence-corrected chi connectivity index (χ1v) is 7.60. The molecule has 0 atom stereocenters. The molecule has 5 heteroatoms. The van der Waals surface area contributed by atoms with Crippen molar-refractivity contribution in [1.82, 2.24) is 5.32 Å². The minimum atomic E-state index is -0.206. The highest BCUT2D eigenvalue weighted by Crippen LogP contribution is 2.21. The van der Waals surface area contributed by atoms with Gasteiger partial charge in [-0.3, -0.25) is 9.59 Å². The van der Waals surface area contributed by atoms with E-state index in [1.54, 1.807) is 6.92 Å². The maximum atomic E-state index is 11.7. The highest BCUT2D eigenvalue weighted by atomic mass is 16.2. The Hall–Kier alpha value is -2.04. The Morgan fingerprint density at radius 3 is 2.33 bits per heavy atom. The van der Waals surface area contributed by atoms with Crippen LogP contribution in [0.3, 0.4) is 0 Å². The monoisotopic (exact) mass is 289 g/mol. The number of carbonyl (C=O) groups is 2. The van der Waals surface area contributed by atoms with Crippen LogP contribution >= 0.6 is 0 Å². The van der Waals surface area contributed by atoms with Crippen molar-refractivity contribution in [2.24, 2.45) is 0 Å². The lowest BCUT2D eigenvalue weighted by Gasteiger charge is -2.28. The van der Waals surface area contributed by atoms with Gasteiger partial charge >= 0.3 is 0 Å². The number of anilines is 2. The van der Waals surface area contributed by atoms with Gasteiger partial charge in [0.15, 0.2) is 0 Å². The smallest absolute Gasteiger partial charge is 0.243 e. The lowest BCUT2D eigenvalue weighted by atomic mass is 10.1. The lowest BCUT2D eigenvalue weighted by Crippen LogP contribution is -2.32. The molecule has 0 bridgehead atoms. The number of hydrogen-bond donors (Lipinski definition) is 2. The minimum absolute atomic E-state index is 0.0144. The Bertz CT molecular complexity index is 479. The fraction of sp³-hybridized carbons (Fsp3) is 0.500. The summed E-state index contributed by atoms with van der Waals surface area (Å²) in [6, 6.07) is 7.88. The Morgan fingerprint density at radius 2 is 1.71 bits per heavy atom. The molecule has 0 spiro atoms. The second kappa shape index (κ2) is 7.67. The second-order valence-corrected chi connectivity index (χ2v) is 5.27. The van der Waals surface area contributed by atoms with Crippen LogP contribution in [0.1, 0.15) is 32.6 Å². The van der Waals surface area contributed by atoms with Crippen molar-refractivity contribution in [1.29, 1.82) is 0 Å². The molecule has 2 rings (SSSR count). The molecular weight excluding hydrogens is 266 g/mol. The number of rotatable bonds is 5. The number of carbonyl (C=O) groups excluding carboxylic acids is 2. The van der Waals surface area contributed by atoms with Crippen molar-refractivity contribution in [3.8, 4) is 0 Å². The molecule has 1 aliphatic heterocycles. The molecule has 2 N–H and O–H groups in total. The van der Waals surface area contributed by atoms with Gasteiger partial charge in [0, 0.05) is 30.9 Å². The van der Waals surface area contributed by atoms with Crippen molar-refractivity contribution >= 4 is 23.2 Å². The molecule has 0 aliphatic carbocycles. The van der Waals surface area contributed by atoms with Crippen molar-refractivity contribution in [3.05, 3.63) is 24.3 Å². The minimum Gasteiger partial charge on any atom is -0.372 e. The van der Waals surface area contributed by atoms with E-state index < -0.39 is 0 Å². The molecule has 0 aromatic heterocycles. The van der Waals surface area contributed by atoms with Crippen LogP contribution < -0.4 is 15.5 Å². The highest BCUT2D eigenvalue weighted by Gasteiger charge is 2.11. The van der Waals surface area contributed by atoms with Crippen LogP contribution in [-0.2, 0) is 9.59 Å². The van der Waals surface area contributed by atoms with Gasteiger partial charge in [-0.1, -0.05) is 6.92 Å². The van der Waals surface area contributed by atoms with Crippen LogP contribution in [0, 0.1) is 0 Å². The molecule has 21 heavy (non-hydrogen) atoms. The first-order valence-electron chi connectivity index (χ1n) is 7.60. The van der Waals surface area contributed by atoms with Crippen LogP contribution in [0.2, 0.25) is 0 Å². The van der Waals surface area contributed by atoms with Gasteiger partial charge < -0.3 is 15.5 Å². The van der Waals surface area contributed by atoms with E-state index in [1.165, 1.54) is 24.9 Å². The van der Waals surface area contributed by atoms with Gasteiger partial charge in [-0.25, -0.2) is 0 Å². The number of hydrogen-bond acceptors (Lipinski definition) is 3. The molecule has 1 fully saturated rings. The van der Waals surface area contributed by atoms with Crippen LogP contribution in [-0.4, -0.2) is 31.4 Å². The summed E-state index contributed by atoms with van der Waals surface area (Å²) in [6.07, 6.45) is 4.19. The number of nitrogens with one attached hydrogen (secondary N) is 2. The average Bonchev–Trinajstić information content (AvgIpc) is 2.54. The summed E-state index contributed by atoms with van der Waals surface area (Å²) in [4.78, 5) is 25.1. The van der Waals surface area contributed by atoms with E-state index in [2.05, 4.69) is 15.5 Å². The third kappa shape index (κ3) is 4.77. The number of amides is 2. The molecule has 114 valence electrons. The zero-order valence-electron chi connectivity index (χ0n) is 12.5. The van der Waals surface area contributed by atoms with Crippen LogP contribution in [0.25, 0.3) is 0 Å². The van der Waals surface area contributed by atoms with E-state index >= 15 is 0 Å². The van der Waals surface area contributed by atoms with E-state index in [1.807, 2.05) is 24.3 Å². The summed E-state index contributed by atoms with van der Waals surface area (Å²) in [5.41, 5.74) is 1.96. The van der Waals surface area contributed by atoms with Gasteiger partial charge in [0.25, 0.3) is 0 Å². The first-order chi connectivity index (χ1) is 10.2. The fourth-order valence-corrected chi connectivity index (χ4v) is 2.42. The zero-order chi connectivity index (χ0) is 15.1. The van der Waals surface area contributed by atoms with Gasteiger partial charge in [-0.05, 0) is 43.5 Å². The van der Waals surface area contributed by atoms with E-state index in [0.29, 0.717) is 6.42 Å². The molecule has 0 radical (unpaired) electrons. The molecule has 2 amide bonds. The Balaban J connectivity index is 1.84. The normalized spacial score (nSPS) is 14.6. The molecule has 0 saturated carbocycles. The van der Waals surface area contributed by atoms with Crippen LogP contribution in [0.4, 0.5) is 11.4 Å². The van der Waals surface area contributed by atoms with Gasteiger partial charge in [-0.2, -0.15) is 0 Å². The topological polar surface area (TPSA) is 61.4 Å². The maximum Gasteiger partial charge on any atom is 0.243 e. The molecule has 5 nitrogen and oxygen atoms in total. The maximum absolute atomic E-state index is 11.7. The van der Waals surface area contributed by atoms with Crippen molar-refractivity contribution in [3.63, 3.8) is 0 Å². The zero-order valence-corrected chi connectivity index (χ0v) is 12.5. The van der Waals surface area contributed by atoms with Crippen LogP contribution in [0.5, 0.6) is 0 Å². The Morgan fingerprint density at radius 1 is 1.05 bits per heavy atom. The van der Waals surface area contributed by atoms with Gasteiger partial charge in [-0.15, -0.1) is 0 Å². The van der Waals surface area contributed by atoms with Crippen molar-refractivity contribution in [2.45, 2.75) is 32.6 Å². The summed E-state index contributed by atoms with van der Waals surface area (Å²) in [6.45, 7) is 3.98. The largest absolute Gasteiger partial charge is 0.372 e. The van der Waals surface area contributed by atoms with Crippen molar-refractivity contribution in [2.75, 3.05) is 29.9 Å². The van der Waals surface area contributed by atoms with E-state index in [4.69, 9.17) is 0 Å². The molecular formula is C16H23N3O2. The molecule has 1 aliphatic rings. The summed E-state index contributed by atoms with van der Waals surface area (Å²) in [7, 11) is 0. The van der Waals surface area contributed by atoms with E-state index in [-0.39, 0.29) is 18.4 Å². The Kier molecular flexibility index (Phi) is 5.60. The second-order valence-electron chi connectivity index (χ2n) is 5.27. The highest BCUT2D eigenvalue weighted by molar-refractivity contribution is 5.94.